The topological polar surface area (TPSA) is 205 Å². The second-order valence-corrected chi connectivity index (χ2v) is 6.83. The zero-order valence-electron chi connectivity index (χ0n) is 15.9. The van der Waals surface area contributed by atoms with Gasteiger partial charge < -0.3 is 16.0 Å². The van der Waals surface area contributed by atoms with Crippen molar-refractivity contribution in [1.29, 1.82) is 31.7 Å². The van der Waals surface area contributed by atoms with E-state index in [1.54, 1.807) is 0 Å². The summed E-state index contributed by atoms with van der Waals surface area (Å²) in [6, 6.07) is 7.93. The lowest BCUT2D eigenvalue weighted by atomic mass is 9.94. The molecule has 31 heavy (non-hydrogen) atoms. The predicted octanol–water partition coefficient (Wildman–Crippen LogP) is 1.95. The summed E-state index contributed by atoms with van der Waals surface area (Å²) >= 11 is 0. The zero-order chi connectivity index (χ0) is 22.1. The molecule has 3 heterocycles. The van der Waals surface area contributed by atoms with Crippen LogP contribution in [0.15, 0.2) is 4.99 Å². The summed E-state index contributed by atoms with van der Waals surface area (Å²) in [6.45, 7) is 0. The van der Waals surface area contributed by atoms with Crippen molar-refractivity contribution in [2.75, 3.05) is 10.6 Å². The molecule has 0 spiro atoms. The number of rotatable bonds is 0. The summed E-state index contributed by atoms with van der Waals surface area (Å²) in [5, 5.41) is 61.4. The van der Waals surface area contributed by atoms with Gasteiger partial charge in [0.05, 0.1) is 34.9 Å². The van der Waals surface area contributed by atoms with Crippen molar-refractivity contribution in [3.8, 4) is 30.3 Å². The Morgan fingerprint density at radius 1 is 0.806 bits per heavy atom. The lowest BCUT2D eigenvalue weighted by Crippen LogP contribution is -2.41. The molecule has 2 aromatic rings. The molecule has 11 heteroatoms. The Balaban J connectivity index is 2.17. The molecule has 2 atom stereocenters. The van der Waals surface area contributed by atoms with Crippen LogP contribution in [0.3, 0.4) is 0 Å². The van der Waals surface area contributed by atoms with Crippen LogP contribution in [0, 0.1) is 62.1 Å². The van der Waals surface area contributed by atoms with Crippen molar-refractivity contribution in [1.82, 2.24) is 9.97 Å². The Morgan fingerprint density at radius 3 is 2.00 bits per heavy atom. The first-order valence-electron chi connectivity index (χ1n) is 9.15. The van der Waals surface area contributed by atoms with E-state index in [4.69, 9.17) is 5.41 Å². The van der Waals surface area contributed by atoms with Gasteiger partial charge in [-0.2, -0.15) is 26.3 Å². The highest BCUT2D eigenvalue weighted by atomic mass is 15.1. The molecule has 2 aliphatic heterocycles. The van der Waals surface area contributed by atoms with E-state index in [2.05, 4.69) is 25.6 Å². The number of nitriles is 5. The molecule has 1 aromatic heterocycles. The van der Waals surface area contributed by atoms with Crippen molar-refractivity contribution in [2.45, 2.75) is 31.3 Å². The van der Waals surface area contributed by atoms with E-state index in [0.717, 1.165) is 0 Å². The van der Waals surface area contributed by atoms with Crippen molar-refractivity contribution in [3.63, 3.8) is 0 Å². The number of fused-ring (bicyclic) bond motifs is 6. The molecule has 4 rings (SSSR count). The molecule has 1 aromatic carbocycles. The van der Waals surface area contributed by atoms with Crippen LogP contribution >= 0.6 is 0 Å². The summed E-state index contributed by atoms with van der Waals surface area (Å²) in [5.74, 6) is 0. The normalized spacial score (nSPS) is 19.2. The van der Waals surface area contributed by atoms with Crippen molar-refractivity contribution < 1.29 is 0 Å². The number of hydrogen-bond acceptors (Lipinski definition) is 11. The first kappa shape index (κ1) is 19.3. The fourth-order valence-electron chi connectivity index (χ4n) is 3.65. The van der Waals surface area contributed by atoms with E-state index in [1.165, 1.54) is 0 Å². The first-order chi connectivity index (χ1) is 15.1. The number of aliphatic imine (C=N–C) groups is 1. The predicted molar refractivity (Wildman–Crippen MR) is 108 cm³/mol. The number of benzene rings is 1. The Morgan fingerprint density at radius 2 is 1.42 bits per heavy atom. The van der Waals surface area contributed by atoms with Crippen LogP contribution in [0.25, 0.3) is 11.0 Å². The third-order valence-electron chi connectivity index (χ3n) is 5.09. The number of nitrogens with zero attached hydrogens (tertiary/aromatic N) is 8. The quantitative estimate of drug-likeness (QED) is 0.584. The standard InChI is InChI=1S/C20H11N11/c21-4-11-10(26)3-1-2-9-16(27-11)18-20(31-15(8-25)14(7-24)30-18)19-17(9)28-12(5-22)13(6-23)29-19/h12-13,26,28-29H,1-3H2. The van der Waals surface area contributed by atoms with Gasteiger partial charge in [0, 0.05) is 5.56 Å². The molecule has 0 radical (unpaired) electrons. The maximum absolute atomic E-state index is 9.49. The van der Waals surface area contributed by atoms with Gasteiger partial charge in [-0.1, -0.05) is 0 Å². The van der Waals surface area contributed by atoms with Crippen LogP contribution in [0.5, 0.6) is 0 Å². The van der Waals surface area contributed by atoms with Crippen molar-refractivity contribution >= 4 is 39.5 Å². The summed E-state index contributed by atoms with van der Waals surface area (Å²) in [6.07, 6.45) is 1.34. The summed E-state index contributed by atoms with van der Waals surface area (Å²) in [7, 11) is 0. The molecule has 11 nitrogen and oxygen atoms in total. The van der Waals surface area contributed by atoms with Gasteiger partial charge in [-0.3, -0.25) is 0 Å². The van der Waals surface area contributed by atoms with E-state index >= 15 is 0 Å². The fraction of sp³-hybridized carbons (Fsp3) is 0.250. The summed E-state index contributed by atoms with van der Waals surface area (Å²) < 4.78 is 0. The van der Waals surface area contributed by atoms with Gasteiger partial charge in [0.25, 0.3) is 0 Å². The SMILES string of the molecule is N#CC1=Nc2c(c3c(c4nc(C#N)c(C#N)nc24)NC(C#N)C(C#N)N3)CCCC1=N. The second-order valence-electron chi connectivity index (χ2n) is 6.83. The highest BCUT2D eigenvalue weighted by Gasteiger charge is 2.34. The highest BCUT2D eigenvalue weighted by Crippen LogP contribution is 2.45. The largest absolute Gasteiger partial charge is 0.365 e. The van der Waals surface area contributed by atoms with E-state index < -0.39 is 12.1 Å². The van der Waals surface area contributed by atoms with E-state index in [9.17, 15) is 26.3 Å². The van der Waals surface area contributed by atoms with Gasteiger partial charge in [-0.05, 0) is 19.3 Å². The summed E-state index contributed by atoms with van der Waals surface area (Å²) in [5.41, 5.74) is 1.72. The second kappa shape index (κ2) is 7.41. The van der Waals surface area contributed by atoms with Crippen LogP contribution in [0.2, 0.25) is 0 Å². The number of hydrogen-bond donors (Lipinski definition) is 3. The third kappa shape index (κ3) is 2.93. The minimum absolute atomic E-state index is 0.0811. The van der Waals surface area contributed by atoms with Crippen LogP contribution in [-0.2, 0) is 6.42 Å². The lowest BCUT2D eigenvalue weighted by Gasteiger charge is -2.31. The third-order valence-corrected chi connectivity index (χ3v) is 5.09. The highest BCUT2D eigenvalue weighted by molar-refractivity contribution is 6.47. The van der Waals surface area contributed by atoms with Gasteiger partial charge in [0.1, 0.15) is 41.3 Å². The average molecular weight is 405 g/mol. The minimum Gasteiger partial charge on any atom is -0.365 e. The fourth-order valence-corrected chi connectivity index (χ4v) is 3.65. The molecule has 2 unspecified atom stereocenters. The first-order valence-corrected chi connectivity index (χ1v) is 9.15. The molecule has 0 bridgehead atoms. The maximum Gasteiger partial charge on any atom is 0.177 e. The van der Waals surface area contributed by atoms with Gasteiger partial charge in [0.15, 0.2) is 17.1 Å². The number of aromatic nitrogens is 2. The van der Waals surface area contributed by atoms with E-state index in [0.29, 0.717) is 36.2 Å². The van der Waals surface area contributed by atoms with E-state index in [-0.39, 0.29) is 39.5 Å². The minimum atomic E-state index is -0.887. The monoisotopic (exact) mass is 405 g/mol. The molecule has 0 aliphatic carbocycles. The Hall–Kier alpha value is -5.05. The maximum atomic E-state index is 9.49. The molecular weight excluding hydrogens is 394 g/mol. The van der Waals surface area contributed by atoms with Gasteiger partial charge in [0.2, 0.25) is 0 Å². The Bertz CT molecular complexity index is 1400. The zero-order valence-corrected chi connectivity index (χ0v) is 15.9. The molecule has 0 fully saturated rings. The number of nitrogens with one attached hydrogen (secondary N) is 3. The van der Waals surface area contributed by atoms with Crippen molar-refractivity contribution in [2.24, 2.45) is 4.99 Å². The van der Waals surface area contributed by atoms with Crippen LogP contribution in [0.4, 0.5) is 17.1 Å². The lowest BCUT2D eigenvalue weighted by molar-refractivity contribution is 0.785. The molecule has 0 saturated carbocycles. The smallest absolute Gasteiger partial charge is 0.177 e. The molecule has 3 N–H and O–H groups in total. The molecule has 0 saturated heterocycles. The van der Waals surface area contributed by atoms with Crippen LogP contribution < -0.4 is 10.6 Å². The Kier molecular flexibility index (Phi) is 4.61. The van der Waals surface area contributed by atoms with Gasteiger partial charge in [-0.15, -0.1) is 0 Å². The Labute approximate surface area is 176 Å². The van der Waals surface area contributed by atoms with Gasteiger partial charge in [-0.25, -0.2) is 15.0 Å². The van der Waals surface area contributed by atoms with Crippen LogP contribution in [0.1, 0.15) is 29.8 Å². The van der Waals surface area contributed by atoms with Crippen LogP contribution in [-0.4, -0.2) is 33.5 Å². The molecule has 146 valence electrons. The summed E-state index contributed by atoms with van der Waals surface area (Å²) in [4.78, 5) is 13.0. The average Bonchev–Trinajstić information content (AvgIpc) is 2.80. The molecule has 0 amide bonds. The molecular formula is C20H11N11. The van der Waals surface area contributed by atoms with E-state index in [1.807, 2.05) is 30.3 Å². The number of anilines is 2. The molecule has 2 aliphatic rings. The van der Waals surface area contributed by atoms with Crippen molar-refractivity contribution in [3.05, 3.63) is 17.0 Å². The van der Waals surface area contributed by atoms with Gasteiger partial charge >= 0.3 is 0 Å².